The first-order chi connectivity index (χ1) is 20.6. The zero-order valence-corrected chi connectivity index (χ0v) is 27.0. The van der Waals surface area contributed by atoms with Gasteiger partial charge in [-0.1, -0.05) is 91.1 Å². The Labute approximate surface area is 260 Å². The summed E-state index contributed by atoms with van der Waals surface area (Å²) in [6.45, 7) is 9.52. The molecular weight excluding hydrogens is 566 g/mol. The van der Waals surface area contributed by atoms with Crippen LogP contribution in [0.4, 0.5) is 8.78 Å². The fourth-order valence-corrected chi connectivity index (χ4v) is 7.15. The second-order valence-corrected chi connectivity index (χ2v) is 14.3. The van der Waals surface area contributed by atoms with Crippen LogP contribution < -0.4 is 14.8 Å². The maximum Gasteiger partial charge on any atom is 0.387 e. The van der Waals surface area contributed by atoms with Crippen LogP contribution in [0.5, 0.6) is 11.5 Å². The largest absolute Gasteiger partial charge is 0.496 e. The van der Waals surface area contributed by atoms with Crippen LogP contribution in [0, 0.1) is 17.3 Å². The summed E-state index contributed by atoms with van der Waals surface area (Å²) in [5.41, 5.74) is 1.67. The number of hydrogen-bond donors (Lipinski definition) is 2. The van der Waals surface area contributed by atoms with Crippen LogP contribution in [0.2, 0.25) is 0 Å². The Balaban J connectivity index is 1.89. The zero-order valence-electron chi connectivity index (χ0n) is 27.0. The number of carbonyl (C=O) groups excluding carboxylic acids is 1. The topological polar surface area (TPSA) is 88.1 Å². The van der Waals surface area contributed by atoms with E-state index in [-0.39, 0.29) is 23.0 Å². The van der Waals surface area contributed by atoms with Gasteiger partial charge in [0.15, 0.2) is 0 Å². The molecule has 4 rings (SSSR count). The van der Waals surface area contributed by atoms with Gasteiger partial charge in [0.2, 0.25) is 5.91 Å². The molecule has 2 N–H and O–H groups in total. The molecule has 0 aromatic heterocycles. The fourth-order valence-electron chi connectivity index (χ4n) is 7.15. The van der Waals surface area contributed by atoms with E-state index >= 15 is 0 Å². The van der Waals surface area contributed by atoms with Crippen molar-refractivity contribution >= 4 is 11.9 Å². The monoisotopic (exact) mass is 614 g/mol. The minimum absolute atomic E-state index is 0.0632. The van der Waals surface area contributed by atoms with Gasteiger partial charge in [0.1, 0.15) is 17.5 Å². The molecule has 1 heterocycles. The molecule has 0 radical (unpaired) electrons. The summed E-state index contributed by atoms with van der Waals surface area (Å²) < 4.78 is 38.0. The molecule has 4 atom stereocenters. The van der Waals surface area contributed by atoms with Gasteiger partial charge in [-0.05, 0) is 41.4 Å². The maximum absolute atomic E-state index is 14.4. The number of amides is 1. The van der Waals surface area contributed by atoms with Crippen molar-refractivity contribution in [1.82, 2.24) is 10.2 Å². The van der Waals surface area contributed by atoms with Gasteiger partial charge < -0.3 is 24.8 Å². The molecular formula is C35H48F2N2O5. The molecule has 7 nitrogen and oxygen atoms in total. The highest BCUT2D eigenvalue weighted by Gasteiger charge is 2.59. The third-order valence-electron chi connectivity index (χ3n) is 9.26. The number of nitrogens with zero attached hydrogens (tertiary/aromatic N) is 1. The lowest BCUT2D eigenvalue weighted by Gasteiger charge is -2.36. The highest BCUT2D eigenvalue weighted by Crippen LogP contribution is 2.51. The Hall–Kier alpha value is -3.20. The summed E-state index contributed by atoms with van der Waals surface area (Å²) in [5, 5.41) is 14.4. The predicted octanol–water partition coefficient (Wildman–Crippen LogP) is 7.33. The van der Waals surface area contributed by atoms with Crippen LogP contribution in [-0.4, -0.2) is 47.7 Å². The molecule has 1 aliphatic heterocycles. The highest BCUT2D eigenvalue weighted by atomic mass is 19.3. The van der Waals surface area contributed by atoms with Gasteiger partial charge in [0.05, 0.1) is 13.2 Å². The normalized spacial score (nSPS) is 23.2. The molecule has 1 saturated carbocycles. The second kappa shape index (κ2) is 13.4. The molecule has 0 unspecified atom stereocenters. The number of para-hydroxylation sites is 1. The second-order valence-electron chi connectivity index (χ2n) is 14.3. The summed E-state index contributed by atoms with van der Waals surface area (Å²) in [4.78, 5) is 29.1. The van der Waals surface area contributed by atoms with Crippen molar-refractivity contribution in [3.05, 3.63) is 59.2 Å². The molecule has 44 heavy (non-hydrogen) atoms. The highest BCUT2D eigenvalue weighted by molar-refractivity contribution is 5.87. The number of halogens is 2. The molecule has 242 valence electrons. The van der Waals surface area contributed by atoms with Crippen LogP contribution >= 0.6 is 0 Å². The van der Waals surface area contributed by atoms with E-state index < -0.39 is 42.0 Å². The maximum atomic E-state index is 14.4. The fraction of sp³-hybridized carbons (Fsp3) is 0.600. The number of aliphatic carboxylic acids is 1. The quantitative estimate of drug-likeness (QED) is 0.308. The van der Waals surface area contributed by atoms with E-state index in [0.29, 0.717) is 30.7 Å². The number of carbonyl (C=O) groups is 2. The molecule has 1 saturated heterocycles. The number of likely N-dealkylation sites (tertiary alicyclic amines) is 1. The van der Waals surface area contributed by atoms with Crippen molar-refractivity contribution in [2.45, 2.75) is 110 Å². The van der Waals surface area contributed by atoms with E-state index in [1.807, 2.05) is 32.9 Å². The summed E-state index contributed by atoms with van der Waals surface area (Å²) in [6, 6.07) is 9.84. The Morgan fingerprint density at radius 3 is 2.23 bits per heavy atom. The molecule has 0 spiro atoms. The Bertz CT molecular complexity index is 1310. The Morgan fingerprint density at radius 1 is 1.00 bits per heavy atom. The van der Waals surface area contributed by atoms with Crippen molar-refractivity contribution in [2.75, 3.05) is 7.11 Å². The number of ether oxygens (including phenoxy) is 2. The van der Waals surface area contributed by atoms with Gasteiger partial charge in [0, 0.05) is 35.5 Å². The van der Waals surface area contributed by atoms with Crippen LogP contribution in [0.15, 0.2) is 42.5 Å². The lowest BCUT2D eigenvalue weighted by molar-refractivity contribution is -0.154. The Morgan fingerprint density at radius 2 is 1.66 bits per heavy atom. The summed E-state index contributed by atoms with van der Waals surface area (Å²) >= 11 is 0. The van der Waals surface area contributed by atoms with Crippen LogP contribution in [0.25, 0.3) is 0 Å². The molecule has 1 amide bonds. The minimum atomic E-state index is -3.08. The SMILES string of the molecule is COc1ccc(C(C)(C)C)cc1CN[C@H]1[C@H](C(C)(C)C)[C@@H](C(=O)O)N(C(=O)C2CCCCC2)[C@H]1c1ccccc1OC(F)F. The first kappa shape index (κ1) is 33.7. The number of benzene rings is 2. The molecule has 2 aliphatic rings. The lowest BCUT2D eigenvalue weighted by Crippen LogP contribution is -2.49. The molecule has 2 fully saturated rings. The van der Waals surface area contributed by atoms with Gasteiger partial charge in [-0.25, -0.2) is 4.79 Å². The standard InChI is InChI=1S/C35H48F2N2O5/c1-34(2,3)23-17-18-25(43-7)22(19-23)20-38-28-27(35(4,5)6)30(32(41)42)39(31(40)21-13-9-8-10-14-21)29(28)24-15-11-12-16-26(24)44-33(36)37/h11-12,15-19,21,27-30,33,38H,8-10,13-14,20H2,1-7H3,(H,41,42)/t27-,28-,29-,30-/m0/s1. The van der Waals surface area contributed by atoms with Crippen molar-refractivity contribution in [1.29, 1.82) is 0 Å². The number of rotatable bonds is 9. The number of hydrogen-bond acceptors (Lipinski definition) is 5. The van der Waals surface area contributed by atoms with Gasteiger partial charge in [-0.2, -0.15) is 8.78 Å². The molecule has 9 heteroatoms. The third kappa shape index (κ3) is 7.19. The van der Waals surface area contributed by atoms with E-state index in [9.17, 15) is 23.5 Å². The van der Waals surface area contributed by atoms with Gasteiger partial charge in [0.25, 0.3) is 0 Å². The van der Waals surface area contributed by atoms with Crippen molar-refractivity contribution in [3.8, 4) is 11.5 Å². The van der Waals surface area contributed by atoms with E-state index in [2.05, 4.69) is 32.2 Å². The average molecular weight is 615 g/mol. The number of carboxylic acid groups (broad SMARTS) is 1. The lowest BCUT2D eigenvalue weighted by atomic mass is 9.72. The Kier molecular flexibility index (Phi) is 10.3. The van der Waals surface area contributed by atoms with Crippen molar-refractivity contribution < 1.29 is 33.0 Å². The smallest absolute Gasteiger partial charge is 0.387 e. The van der Waals surface area contributed by atoms with E-state index in [1.165, 1.54) is 11.0 Å². The van der Waals surface area contributed by atoms with Gasteiger partial charge in [-0.3, -0.25) is 4.79 Å². The van der Waals surface area contributed by atoms with E-state index in [0.717, 1.165) is 30.4 Å². The van der Waals surface area contributed by atoms with Crippen molar-refractivity contribution in [2.24, 2.45) is 17.3 Å². The molecule has 2 aromatic carbocycles. The van der Waals surface area contributed by atoms with Crippen molar-refractivity contribution in [3.63, 3.8) is 0 Å². The van der Waals surface area contributed by atoms with Gasteiger partial charge >= 0.3 is 12.6 Å². The van der Waals surface area contributed by atoms with E-state index in [4.69, 9.17) is 9.47 Å². The van der Waals surface area contributed by atoms with E-state index in [1.54, 1.807) is 25.3 Å². The van der Waals surface area contributed by atoms with Crippen LogP contribution in [-0.2, 0) is 21.5 Å². The summed E-state index contributed by atoms with van der Waals surface area (Å²) in [6.07, 6.45) is 4.18. The summed E-state index contributed by atoms with van der Waals surface area (Å²) in [5.74, 6) is -1.61. The zero-order chi connectivity index (χ0) is 32.4. The number of carboxylic acids is 1. The minimum Gasteiger partial charge on any atom is -0.496 e. The van der Waals surface area contributed by atoms with Gasteiger partial charge in [-0.15, -0.1) is 0 Å². The first-order valence-corrected chi connectivity index (χ1v) is 15.6. The molecule has 1 aliphatic carbocycles. The van der Waals surface area contributed by atoms with Crippen LogP contribution in [0.3, 0.4) is 0 Å². The molecule has 2 aromatic rings. The predicted molar refractivity (Wildman–Crippen MR) is 166 cm³/mol. The van der Waals surface area contributed by atoms with Crippen LogP contribution in [0.1, 0.15) is 96.4 Å². The average Bonchev–Trinajstić information content (AvgIpc) is 3.31. The first-order valence-electron chi connectivity index (χ1n) is 15.6. The number of alkyl halides is 2. The summed E-state index contributed by atoms with van der Waals surface area (Å²) in [7, 11) is 1.61. The molecule has 0 bridgehead atoms. The number of methoxy groups -OCH3 is 1. The number of nitrogens with one attached hydrogen (secondary N) is 1. The third-order valence-corrected chi connectivity index (χ3v) is 9.26.